The fourth-order valence-electron chi connectivity index (χ4n) is 3.12. The Morgan fingerprint density at radius 2 is 0.486 bits per heavy atom. The average Bonchev–Trinajstić information content (AvgIpc) is 2.83. The van der Waals surface area contributed by atoms with Crippen LogP contribution in [0.2, 0.25) is 0 Å². The van der Waals surface area contributed by atoms with E-state index in [0.717, 1.165) is 0 Å². The van der Waals surface area contributed by atoms with Gasteiger partial charge in [-0.3, -0.25) is 0 Å². The molecule has 0 aromatic rings. The lowest BCUT2D eigenvalue weighted by atomic mass is 10.5. The van der Waals surface area contributed by atoms with Crippen molar-refractivity contribution in [3.8, 4) is 0 Å². The molecule has 0 aromatic heterocycles. The van der Waals surface area contributed by atoms with E-state index in [1.54, 1.807) is 19.6 Å². The molecule has 0 aliphatic rings. The van der Waals surface area contributed by atoms with Crippen LogP contribution in [0.1, 0.15) is 83.1 Å². The van der Waals surface area contributed by atoms with Crippen LogP contribution in [0.5, 0.6) is 0 Å². The molecule has 0 saturated carbocycles. The summed E-state index contributed by atoms with van der Waals surface area (Å²) in [5.74, 6) is 0. The van der Waals surface area contributed by atoms with Crippen molar-refractivity contribution >= 4 is 15.6 Å². The molecule has 4 N–H and O–H groups in total. The highest BCUT2D eigenvalue weighted by Gasteiger charge is 1.95. The Balaban J connectivity index is -0.000000116. The molecule has 0 amide bonds. The maximum absolute atomic E-state index is 9.32. The van der Waals surface area contributed by atoms with Crippen molar-refractivity contribution in [2.24, 2.45) is 0 Å². The number of phosphoric acid groups is 2. The fraction of sp³-hybridized carbons (Fsp3) is 1.00. The van der Waals surface area contributed by atoms with Crippen LogP contribution >= 0.6 is 15.6 Å². The van der Waals surface area contributed by atoms with Gasteiger partial charge >= 0.3 is 0 Å². The summed E-state index contributed by atoms with van der Waals surface area (Å²) in [6.45, 7) is 41.9. The van der Waals surface area contributed by atoms with Gasteiger partial charge in [0.2, 0.25) is 0 Å². The number of nitrogens with one attached hydrogen (secondary N) is 4. The van der Waals surface area contributed by atoms with Gasteiger partial charge in [-0.1, -0.05) is 0 Å². The molecule has 0 atom stereocenters. The minimum absolute atomic E-state index is 1.27. The van der Waals surface area contributed by atoms with Crippen molar-refractivity contribution in [1.29, 1.82) is 0 Å². The third kappa shape index (κ3) is 46.3. The first kappa shape index (κ1) is 46.9. The Hall–Kier alpha value is 0.100. The first-order valence-corrected chi connectivity index (χ1v) is 17.1. The SMILES string of the molecule is CC[NH+](CC)CC.CC[NH+](CC)CC.CC[NH+](CC)CC.CC[NH+](CC)CC.O=P([O-])([O-])OP(=O)([O-])[O-]. The van der Waals surface area contributed by atoms with E-state index in [1.807, 2.05) is 0 Å². The predicted molar refractivity (Wildman–Crippen MR) is 147 cm³/mol. The molecule has 0 saturated heterocycles. The third-order valence-electron chi connectivity index (χ3n) is 6.20. The van der Waals surface area contributed by atoms with Crippen LogP contribution in [0.3, 0.4) is 0 Å². The van der Waals surface area contributed by atoms with Gasteiger partial charge < -0.3 is 52.6 Å². The molecule has 0 spiro atoms. The summed E-state index contributed by atoms with van der Waals surface area (Å²) >= 11 is 0. The van der Waals surface area contributed by atoms with Crippen LogP contribution in [-0.4, -0.2) is 78.5 Å². The van der Waals surface area contributed by atoms with E-state index in [9.17, 15) is 28.7 Å². The van der Waals surface area contributed by atoms with Gasteiger partial charge in [-0.15, -0.1) is 0 Å². The molecular weight excluding hydrogens is 518 g/mol. The number of hydrogen-bond acceptors (Lipinski definition) is 7. The lowest BCUT2D eigenvalue weighted by Crippen LogP contribution is -3.11. The summed E-state index contributed by atoms with van der Waals surface area (Å²) in [4.78, 5) is 44.0. The second kappa shape index (κ2) is 32.3. The molecule has 0 rings (SSSR count). The van der Waals surface area contributed by atoms with Gasteiger partial charge in [-0.25, -0.2) is 0 Å². The highest BCUT2D eigenvalue weighted by molar-refractivity contribution is 7.57. The van der Waals surface area contributed by atoms with Crippen LogP contribution in [-0.2, 0) is 13.4 Å². The van der Waals surface area contributed by atoms with Gasteiger partial charge in [0.25, 0.3) is 0 Å². The number of hydrogen-bond donors (Lipinski definition) is 4. The molecule has 37 heavy (non-hydrogen) atoms. The van der Waals surface area contributed by atoms with Gasteiger partial charge in [0, 0.05) is 0 Å². The Labute approximate surface area is 230 Å². The molecule has 232 valence electrons. The highest BCUT2D eigenvalue weighted by atomic mass is 31.3. The summed E-state index contributed by atoms with van der Waals surface area (Å²) in [5.41, 5.74) is 0. The summed E-state index contributed by atoms with van der Waals surface area (Å²) in [6.07, 6.45) is 0. The van der Waals surface area contributed by atoms with Gasteiger partial charge in [0.15, 0.2) is 0 Å². The van der Waals surface area contributed by atoms with Crippen LogP contribution in [0.25, 0.3) is 0 Å². The molecule has 0 heterocycles. The largest absolute Gasteiger partial charge is 0.790 e. The molecule has 0 unspecified atom stereocenters. The van der Waals surface area contributed by atoms with E-state index >= 15 is 0 Å². The maximum Gasteiger partial charge on any atom is 0.0742 e. The molecular formula is C24H64N4O7P2. The van der Waals surface area contributed by atoms with Crippen molar-refractivity contribution in [3.05, 3.63) is 0 Å². The summed E-state index contributed by atoms with van der Waals surface area (Å²) in [6, 6.07) is 0. The zero-order chi connectivity index (χ0) is 30.5. The lowest BCUT2D eigenvalue weighted by molar-refractivity contribution is -0.894. The van der Waals surface area contributed by atoms with Crippen molar-refractivity contribution in [2.45, 2.75) is 83.1 Å². The fourth-order valence-corrected chi connectivity index (χ4v) is 4.10. The molecule has 0 radical (unpaired) electrons. The van der Waals surface area contributed by atoms with E-state index in [1.165, 1.54) is 78.5 Å². The van der Waals surface area contributed by atoms with Crippen LogP contribution in [0.4, 0.5) is 0 Å². The minimum atomic E-state index is -5.68. The molecule has 0 aliphatic carbocycles. The second-order valence-electron chi connectivity index (χ2n) is 8.22. The smallest absolute Gasteiger partial charge is 0.0742 e. The monoisotopic (exact) mass is 582 g/mol. The van der Waals surface area contributed by atoms with E-state index < -0.39 is 15.6 Å². The normalized spacial score (nSPS) is 11.1. The average molecular weight is 583 g/mol. The molecule has 0 aromatic carbocycles. The van der Waals surface area contributed by atoms with Crippen molar-refractivity contribution in [2.75, 3.05) is 78.5 Å². The third-order valence-corrected chi connectivity index (χ3v) is 7.80. The topological polar surface area (TPSA) is 153 Å². The summed E-state index contributed by atoms with van der Waals surface area (Å²) in [5, 5.41) is 0. The lowest BCUT2D eigenvalue weighted by Gasteiger charge is -2.39. The molecule has 0 fully saturated rings. The zero-order valence-corrected chi connectivity index (χ0v) is 28.0. The van der Waals surface area contributed by atoms with Gasteiger partial charge in [0.05, 0.1) is 94.2 Å². The standard InChI is InChI=1S/4C6H15N.H4O7P2/c4*1-4-7(5-2)6-3;1-8(2,3)7-9(4,5)6/h4*4-6H2,1-3H3;(H2,1,2,3)(H2,4,5,6). The van der Waals surface area contributed by atoms with Crippen LogP contribution in [0.15, 0.2) is 0 Å². The number of quaternary nitrogens is 4. The van der Waals surface area contributed by atoms with Gasteiger partial charge in [0.1, 0.15) is 0 Å². The highest BCUT2D eigenvalue weighted by Crippen LogP contribution is 2.42. The summed E-state index contributed by atoms with van der Waals surface area (Å²) < 4.78 is 21.2. The van der Waals surface area contributed by atoms with E-state index in [-0.39, 0.29) is 0 Å². The van der Waals surface area contributed by atoms with E-state index in [2.05, 4.69) is 87.4 Å². The molecule has 13 heteroatoms. The van der Waals surface area contributed by atoms with Crippen molar-refractivity contribution in [1.82, 2.24) is 0 Å². The summed E-state index contributed by atoms with van der Waals surface area (Å²) in [7, 11) is -11.4. The Bertz CT molecular complexity index is 417. The zero-order valence-electron chi connectivity index (χ0n) is 26.2. The van der Waals surface area contributed by atoms with Crippen molar-refractivity contribution in [3.63, 3.8) is 0 Å². The Kier molecular flexibility index (Phi) is 41.0. The van der Waals surface area contributed by atoms with E-state index in [0.29, 0.717) is 0 Å². The molecule has 11 nitrogen and oxygen atoms in total. The second-order valence-corrected chi connectivity index (χ2v) is 10.7. The Morgan fingerprint density at radius 3 is 0.486 bits per heavy atom. The molecule has 0 aliphatic heterocycles. The maximum atomic E-state index is 9.32. The van der Waals surface area contributed by atoms with Gasteiger partial charge in [-0.2, -0.15) is 0 Å². The minimum Gasteiger partial charge on any atom is -0.790 e. The van der Waals surface area contributed by atoms with Crippen LogP contribution in [0, 0.1) is 0 Å². The first-order valence-electron chi connectivity index (χ1n) is 14.2. The Morgan fingerprint density at radius 1 is 0.378 bits per heavy atom. The number of rotatable bonds is 14. The molecule has 0 bridgehead atoms. The van der Waals surface area contributed by atoms with Crippen LogP contribution < -0.4 is 39.2 Å². The quantitative estimate of drug-likeness (QED) is 0.154. The predicted octanol–water partition coefficient (Wildman–Crippen LogP) is -3.62. The van der Waals surface area contributed by atoms with E-state index in [4.69, 9.17) is 0 Å². The van der Waals surface area contributed by atoms with Crippen molar-refractivity contribution < 1.29 is 52.6 Å². The first-order chi connectivity index (χ1) is 17.1. The van der Waals surface area contributed by atoms with Gasteiger partial charge in [-0.05, 0) is 83.1 Å².